The molecule has 1 amide bonds. The smallest absolute Gasteiger partial charge is 0.267 e. The first-order valence-electron chi connectivity index (χ1n) is 9.65. The number of benzene rings is 2. The summed E-state index contributed by atoms with van der Waals surface area (Å²) in [6.45, 7) is 2.09. The molecule has 3 rings (SSSR count). The molecule has 0 saturated carbocycles. The summed E-state index contributed by atoms with van der Waals surface area (Å²) in [7, 11) is 0. The number of anilines is 1. The van der Waals surface area contributed by atoms with Crippen molar-refractivity contribution in [1.29, 1.82) is 5.26 Å². The van der Waals surface area contributed by atoms with Gasteiger partial charge in [-0.15, -0.1) is 0 Å². The molecule has 0 fully saturated rings. The number of halogens is 1. The van der Waals surface area contributed by atoms with Crippen LogP contribution in [0.1, 0.15) is 48.9 Å². The molecule has 1 unspecified atom stereocenters. The molecule has 0 radical (unpaired) electrons. The van der Waals surface area contributed by atoms with Crippen molar-refractivity contribution in [3.05, 3.63) is 76.0 Å². The Kier molecular flexibility index (Phi) is 6.73. The lowest BCUT2D eigenvalue weighted by Gasteiger charge is -2.21. The summed E-state index contributed by atoms with van der Waals surface area (Å²) in [4.78, 5) is 12.4. The van der Waals surface area contributed by atoms with Crippen LogP contribution in [0.5, 0.6) is 0 Å². The molecule has 0 heterocycles. The van der Waals surface area contributed by atoms with Crippen molar-refractivity contribution in [2.24, 2.45) is 0 Å². The Balaban J connectivity index is 1.70. The van der Waals surface area contributed by atoms with E-state index in [0.717, 1.165) is 19.3 Å². The Labute approximate surface area is 171 Å². The Bertz CT molecular complexity index is 912. The number of fused-ring (bicyclic) bond motifs is 1. The van der Waals surface area contributed by atoms with Gasteiger partial charge in [-0.3, -0.25) is 4.79 Å². The van der Waals surface area contributed by atoms with Gasteiger partial charge in [0.2, 0.25) is 0 Å². The molecule has 0 aliphatic heterocycles. The first-order valence-corrected chi connectivity index (χ1v) is 10.0. The van der Waals surface area contributed by atoms with E-state index in [0.29, 0.717) is 10.7 Å². The molecule has 0 aromatic heterocycles. The predicted molar refractivity (Wildman–Crippen MR) is 113 cm³/mol. The highest BCUT2D eigenvalue weighted by atomic mass is 35.5. The molecule has 144 valence electrons. The summed E-state index contributed by atoms with van der Waals surface area (Å²) in [6.07, 6.45) is 7.15. The summed E-state index contributed by atoms with van der Waals surface area (Å²) in [5.41, 5.74) is 4.69. The zero-order valence-electron chi connectivity index (χ0n) is 16.0. The van der Waals surface area contributed by atoms with Gasteiger partial charge in [0.05, 0.1) is 6.04 Å². The van der Waals surface area contributed by atoms with E-state index < -0.39 is 5.91 Å². The molecule has 0 bridgehead atoms. The van der Waals surface area contributed by atoms with Crippen molar-refractivity contribution >= 4 is 23.2 Å². The van der Waals surface area contributed by atoms with Crippen LogP contribution in [0.3, 0.4) is 0 Å². The molecule has 0 saturated heterocycles. The summed E-state index contributed by atoms with van der Waals surface area (Å²) in [6, 6.07) is 15.4. The Morgan fingerprint density at radius 3 is 2.57 bits per heavy atom. The van der Waals surface area contributed by atoms with Crippen molar-refractivity contribution in [2.75, 3.05) is 5.32 Å². The third kappa shape index (κ3) is 4.94. The minimum atomic E-state index is -0.447. The standard InChI is InChI=1S/C23H24ClN3O/c1-2-22(18-8-7-16-5-3-4-6-17(16)13-18)26-15-19(14-25)23(28)27-21-11-9-20(24)10-12-21/h7-13,15,22,26H,2-6H2,1H3,(H,27,28)/b19-15-. The Hall–Kier alpha value is -2.77. The van der Waals surface area contributed by atoms with E-state index in [1.807, 2.05) is 6.07 Å². The molecule has 2 aromatic rings. The van der Waals surface area contributed by atoms with Gasteiger partial charge in [0.1, 0.15) is 11.6 Å². The van der Waals surface area contributed by atoms with E-state index in [2.05, 4.69) is 35.8 Å². The van der Waals surface area contributed by atoms with Crippen LogP contribution >= 0.6 is 11.6 Å². The second-order valence-corrected chi connectivity index (χ2v) is 7.43. The van der Waals surface area contributed by atoms with Gasteiger partial charge in [-0.25, -0.2) is 0 Å². The number of rotatable bonds is 6. The van der Waals surface area contributed by atoms with Gasteiger partial charge in [-0.05, 0) is 73.1 Å². The van der Waals surface area contributed by atoms with Crippen LogP contribution in [0, 0.1) is 11.3 Å². The highest BCUT2D eigenvalue weighted by Gasteiger charge is 2.15. The van der Waals surface area contributed by atoms with Crippen LogP contribution in [0.2, 0.25) is 5.02 Å². The van der Waals surface area contributed by atoms with Crippen LogP contribution < -0.4 is 10.6 Å². The van der Waals surface area contributed by atoms with Crippen LogP contribution in [0.4, 0.5) is 5.69 Å². The molecule has 1 atom stereocenters. The minimum absolute atomic E-state index is 0.0337. The van der Waals surface area contributed by atoms with Crippen LogP contribution in [-0.2, 0) is 17.6 Å². The van der Waals surface area contributed by atoms with Gasteiger partial charge in [0, 0.05) is 16.9 Å². The number of hydrogen-bond acceptors (Lipinski definition) is 3. The van der Waals surface area contributed by atoms with E-state index in [4.69, 9.17) is 11.6 Å². The van der Waals surface area contributed by atoms with Gasteiger partial charge in [-0.1, -0.05) is 36.7 Å². The molecule has 2 N–H and O–H groups in total. The number of carbonyl (C=O) groups excluding carboxylic acids is 1. The number of hydrogen-bond donors (Lipinski definition) is 2. The van der Waals surface area contributed by atoms with Gasteiger partial charge >= 0.3 is 0 Å². The summed E-state index contributed by atoms with van der Waals surface area (Å²) >= 11 is 5.85. The Morgan fingerprint density at radius 1 is 1.18 bits per heavy atom. The second kappa shape index (κ2) is 9.43. The lowest BCUT2D eigenvalue weighted by Crippen LogP contribution is -2.20. The van der Waals surface area contributed by atoms with E-state index in [-0.39, 0.29) is 11.6 Å². The number of nitrogens with one attached hydrogen (secondary N) is 2. The first-order chi connectivity index (χ1) is 13.6. The molecule has 2 aromatic carbocycles. The first kappa shape index (κ1) is 20.0. The predicted octanol–water partition coefficient (Wildman–Crippen LogP) is 5.31. The van der Waals surface area contributed by atoms with Crippen molar-refractivity contribution in [1.82, 2.24) is 5.32 Å². The largest absolute Gasteiger partial charge is 0.383 e. The maximum absolute atomic E-state index is 12.4. The molecule has 0 spiro atoms. The van der Waals surface area contributed by atoms with Gasteiger partial charge in [0.15, 0.2) is 0 Å². The molecule has 4 nitrogen and oxygen atoms in total. The molecule has 5 heteroatoms. The topological polar surface area (TPSA) is 64.9 Å². The molecular weight excluding hydrogens is 370 g/mol. The van der Waals surface area contributed by atoms with Crippen molar-refractivity contribution < 1.29 is 4.79 Å². The number of nitriles is 1. The summed E-state index contributed by atoms with van der Waals surface area (Å²) in [5, 5.41) is 15.9. The van der Waals surface area contributed by atoms with E-state index >= 15 is 0 Å². The average molecular weight is 394 g/mol. The van der Waals surface area contributed by atoms with E-state index in [1.54, 1.807) is 24.3 Å². The van der Waals surface area contributed by atoms with Crippen molar-refractivity contribution in [3.63, 3.8) is 0 Å². The zero-order valence-corrected chi connectivity index (χ0v) is 16.7. The van der Waals surface area contributed by atoms with Crippen molar-refractivity contribution in [2.45, 2.75) is 45.1 Å². The van der Waals surface area contributed by atoms with Crippen LogP contribution in [0.15, 0.2) is 54.2 Å². The third-order valence-electron chi connectivity index (χ3n) is 5.08. The lowest BCUT2D eigenvalue weighted by atomic mass is 9.89. The maximum atomic E-state index is 12.4. The number of nitrogens with zero attached hydrogens (tertiary/aromatic N) is 1. The normalized spacial score (nSPS) is 14.5. The summed E-state index contributed by atoms with van der Waals surface area (Å²) in [5.74, 6) is -0.447. The van der Waals surface area contributed by atoms with E-state index in [9.17, 15) is 10.1 Å². The second-order valence-electron chi connectivity index (χ2n) is 6.99. The molecule has 1 aliphatic carbocycles. The van der Waals surface area contributed by atoms with Crippen molar-refractivity contribution in [3.8, 4) is 6.07 Å². The Morgan fingerprint density at radius 2 is 1.89 bits per heavy atom. The molecule has 28 heavy (non-hydrogen) atoms. The van der Waals surface area contributed by atoms with Gasteiger partial charge in [-0.2, -0.15) is 5.26 Å². The van der Waals surface area contributed by atoms with Crippen LogP contribution in [0.25, 0.3) is 0 Å². The minimum Gasteiger partial charge on any atom is -0.383 e. The third-order valence-corrected chi connectivity index (χ3v) is 5.33. The fourth-order valence-electron chi connectivity index (χ4n) is 3.48. The summed E-state index contributed by atoms with van der Waals surface area (Å²) < 4.78 is 0. The quantitative estimate of drug-likeness (QED) is 0.516. The SMILES string of the molecule is CCC(N/C=C(/C#N)C(=O)Nc1ccc(Cl)cc1)c1ccc2c(c1)CCCC2. The zero-order chi connectivity index (χ0) is 19.9. The van der Waals surface area contributed by atoms with Gasteiger partial charge in [0.25, 0.3) is 5.91 Å². The van der Waals surface area contributed by atoms with E-state index in [1.165, 1.54) is 35.7 Å². The fraction of sp³-hybridized carbons (Fsp3) is 0.304. The highest BCUT2D eigenvalue weighted by molar-refractivity contribution is 6.30. The monoisotopic (exact) mass is 393 g/mol. The van der Waals surface area contributed by atoms with Crippen LogP contribution in [-0.4, -0.2) is 5.91 Å². The lowest BCUT2D eigenvalue weighted by molar-refractivity contribution is -0.112. The fourth-order valence-corrected chi connectivity index (χ4v) is 3.61. The molecular formula is C23H24ClN3O. The molecule has 1 aliphatic rings. The average Bonchev–Trinajstić information content (AvgIpc) is 2.72. The number of amides is 1. The highest BCUT2D eigenvalue weighted by Crippen LogP contribution is 2.26. The maximum Gasteiger partial charge on any atom is 0.267 e. The number of aryl methyl sites for hydroxylation is 2. The van der Waals surface area contributed by atoms with Gasteiger partial charge < -0.3 is 10.6 Å². The number of carbonyl (C=O) groups is 1.